The van der Waals surface area contributed by atoms with Crippen LogP contribution < -0.4 is 0 Å². The maximum atomic E-state index is 12.2. The molecule has 0 aliphatic carbocycles. The molecule has 0 bridgehead atoms. The number of likely N-dealkylation sites (tertiary alicyclic amines) is 1. The van der Waals surface area contributed by atoms with E-state index in [1.807, 2.05) is 6.92 Å². The third-order valence-electron chi connectivity index (χ3n) is 4.17. The molecule has 0 aromatic heterocycles. The van der Waals surface area contributed by atoms with Crippen molar-refractivity contribution in [1.82, 2.24) is 4.90 Å². The van der Waals surface area contributed by atoms with Crippen LogP contribution in [0.3, 0.4) is 0 Å². The molecule has 108 valence electrons. The zero-order valence-corrected chi connectivity index (χ0v) is 11.5. The fourth-order valence-corrected chi connectivity index (χ4v) is 2.63. The van der Waals surface area contributed by atoms with E-state index in [9.17, 15) is 19.8 Å². The predicted octanol–water partition coefficient (Wildman–Crippen LogP) is 1.65. The number of rotatable bonds is 4. The minimum Gasteiger partial charge on any atom is -0.508 e. The molecule has 1 amide bonds. The molecule has 1 atom stereocenters. The molecule has 1 saturated heterocycles. The molecule has 1 aromatic carbocycles. The number of para-hydroxylation sites is 1. The van der Waals surface area contributed by atoms with Crippen LogP contribution in [-0.2, 0) is 16.0 Å². The summed E-state index contributed by atoms with van der Waals surface area (Å²) in [5.41, 5.74) is -0.240. The van der Waals surface area contributed by atoms with Gasteiger partial charge in [-0.2, -0.15) is 0 Å². The summed E-state index contributed by atoms with van der Waals surface area (Å²) < 4.78 is 0. The zero-order valence-electron chi connectivity index (χ0n) is 11.5. The maximum Gasteiger partial charge on any atom is 0.311 e. The van der Waals surface area contributed by atoms with E-state index in [1.54, 1.807) is 29.2 Å². The smallest absolute Gasteiger partial charge is 0.311 e. The van der Waals surface area contributed by atoms with Crippen LogP contribution in [-0.4, -0.2) is 40.1 Å². The average molecular weight is 277 g/mol. The van der Waals surface area contributed by atoms with Crippen LogP contribution in [0.4, 0.5) is 0 Å². The summed E-state index contributed by atoms with van der Waals surface area (Å²) >= 11 is 0. The van der Waals surface area contributed by atoms with Gasteiger partial charge in [0.05, 0.1) is 11.8 Å². The SMILES string of the molecule is CCC1(C(=O)O)CCN(C(=O)Cc2ccccc2O)C1. The molecule has 1 unspecified atom stereocenters. The first-order valence-corrected chi connectivity index (χ1v) is 6.76. The molecule has 20 heavy (non-hydrogen) atoms. The zero-order chi connectivity index (χ0) is 14.8. The molecule has 0 saturated carbocycles. The molecule has 0 radical (unpaired) electrons. The summed E-state index contributed by atoms with van der Waals surface area (Å²) in [7, 11) is 0. The average Bonchev–Trinajstić information content (AvgIpc) is 2.87. The second kappa shape index (κ2) is 5.53. The number of benzene rings is 1. The highest BCUT2D eigenvalue weighted by Gasteiger charge is 2.44. The number of carboxylic acids is 1. The van der Waals surface area contributed by atoms with Gasteiger partial charge in [0.1, 0.15) is 5.75 Å². The first kappa shape index (κ1) is 14.4. The van der Waals surface area contributed by atoms with Gasteiger partial charge in [0.15, 0.2) is 0 Å². The molecule has 1 aliphatic rings. The fourth-order valence-electron chi connectivity index (χ4n) is 2.63. The van der Waals surface area contributed by atoms with Gasteiger partial charge < -0.3 is 15.1 Å². The Hall–Kier alpha value is -2.04. The van der Waals surface area contributed by atoms with E-state index in [0.29, 0.717) is 24.9 Å². The molecule has 1 heterocycles. The van der Waals surface area contributed by atoms with Crippen LogP contribution in [0.1, 0.15) is 25.3 Å². The van der Waals surface area contributed by atoms with Crippen molar-refractivity contribution in [3.63, 3.8) is 0 Å². The second-order valence-electron chi connectivity index (χ2n) is 5.31. The van der Waals surface area contributed by atoms with Crippen molar-refractivity contribution in [2.45, 2.75) is 26.2 Å². The highest BCUT2D eigenvalue weighted by atomic mass is 16.4. The lowest BCUT2D eigenvalue weighted by Gasteiger charge is -2.23. The lowest BCUT2D eigenvalue weighted by Crippen LogP contribution is -2.37. The molecule has 1 aliphatic heterocycles. The predicted molar refractivity (Wildman–Crippen MR) is 73.4 cm³/mol. The Morgan fingerprint density at radius 1 is 1.35 bits per heavy atom. The third-order valence-corrected chi connectivity index (χ3v) is 4.17. The molecule has 5 nitrogen and oxygen atoms in total. The number of hydrogen-bond acceptors (Lipinski definition) is 3. The van der Waals surface area contributed by atoms with Crippen molar-refractivity contribution in [2.75, 3.05) is 13.1 Å². The Balaban J connectivity index is 2.05. The minimum absolute atomic E-state index is 0.0973. The molecule has 0 spiro atoms. The quantitative estimate of drug-likeness (QED) is 0.877. The molecule has 1 fully saturated rings. The standard InChI is InChI=1S/C15H19NO4/c1-2-15(14(19)20)7-8-16(10-15)13(18)9-11-5-3-4-6-12(11)17/h3-6,17H,2,7-10H2,1H3,(H,19,20). The van der Waals surface area contributed by atoms with Gasteiger partial charge in [0.25, 0.3) is 0 Å². The van der Waals surface area contributed by atoms with Crippen molar-refractivity contribution < 1.29 is 19.8 Å². The van der Waals surface area contributed by atoms with Gasteiger partial charge in [-0.3, -0.25) is 9.59 Å². The van der Waals surface area contributed by atoms with E-state index in [2.05, 4.69) is 0 Å². The van der Waals surface area contributed by atoms with Gasteiger partial charge in [-0.1, -0.05) is 25.1 Å². The normalized spacial score (nSPS) is 21.9. The number of aromatic hydroxyl groups is 1. The number of carboxylic acid groups (broad SMARTS) is 1. The van der Waals surface area contributed by atoms with Crippen molar-refractivity contribution in [1.29, 1.82) is 0 Å². The Labute approximate surface area is 117 Å². The summed E-state index contributed by atoms with van der Waals surface area (Å²) in [5, 5.41) is 19.0. The Kier molecular flexibility index (Phi) is 3.97. The lowest BCUT2D eigenvalue weighted by atomic mass is 9.84. The lowest BCUT2D eigenvalue weighted by molar-refractivity contribution is -0.148. The third kappa shape index (κ3) is 2.61. The summed E-state index contributed by atoms with van der Waals surface area (Å²) in [6.45, 7) is 2.56. The van der Waals surface area contributed by atoms with Crippen LogP contribution in [0.15, 0.2) is 24.3 Å². The highest BCUT2D eigenvalue weighted by Crippen LogP contribution is 2.34. The largest absolute Gasteiger partial charge is 0.508 e. The molecular weight excluding hydrogens is 258 g/mol. The van der Waals surface area contributed by atoms with Gasteiger partial charge in [0.2, 0.25) is 5.91 Å². The van der Waals surface area contributed by atoms with Gasteiger partial charge in [-0.25, -0.2) is 0 Å². The topological polar surface area (TPSA) is 77.8 Å². The minimum atomic E-state index is -0.835. The fraction of sp³-hybridized carbons (Fsp3) is 0.467. The van der Waals surface area contributed by atoms with Crippen molar-refractivity contribution in [3.8, 4) is 5.75 Å². The van der Waals surface area contributed by atoms with E-state index in [0.717, 1.165) is 0 Å². The van der Waals surface area contributed by atoms with E-state index < -0.39 is 11.4 Å². The van der Waals surface area contributed by atoms with E-state index in [-0.39, 0.29) is 24.6 Å². The van der Waals surface area contributed by atoms with Crippen LogP contribution in [0.25, 0.3) is 0 Å². The Morgan fingerprint density at radius 3 is 2.60 bits per heavy atom. The maximum absolute atomic E-state index is 12.2. The molecule has 1 aromatic rings. The Bertz CT molecular complexity index is 528. The molecule has 2 rings (SSSR count). The number of carbonyl (C=O) groups excluding carboxylic acids is 1. The highest BCUT2D eigenvalue weighted by molar-refractivity contribution is 5.82. The van der Waals surface area contributed by atoms with Gasteiger partial charge in [-0.15, -0.1) is 0 Å². The first-order valence-electron chi connectivity index (χ1n) is 6.76. The second-order valence-corrected chi connectivity index (χ2v) is 5.31. The van der Waals surface area contributed by atoms with Crippen LogP contribution >= 0.6 is 0 Å². The Morgan fingerprint density at radius 2 is 2.05 bits per heavy atom. The van der Waals surface area contributed by atoms with Crippen LogP contribution in [0.2, 0.25) is 0 Å². The number of phenolic OH excluding ortho intramolecular Hbond substituents is 1. The molecule has 2 N–H and O–H groups in total. The summed E-state index contributed by atoms with van der Waals surface area (Å²) in [6, 6.07) is 6.71. The van der Waals surface area contributed by atoms with Crippen molar-refractivity contribution in [2.24, 2.45) is 5.41 Å². The van der Waals surface area contributed by atoms with Gasteiger partial charge >= 0.3 is 5.97 Å². The van der Waals surface area contributed by atoms with Crippen molar-refractivity contribution >= 4 is 11.9 Å². The summed E-state index contributed by atoms with van der Waals surface area (Å²) in [6.07, 6.45) is 1.11. The van der Waals surface area contributed by atoms with Gasteiger partial charge in [-0.05, 0) is 18.9 Å². The number of carbonyl (C=O) groups is 2. The molecular formula is C15H19NO4. The molecule has 5 heteroatoms. The first-order chi connectivity index (χ1) is 9.48. The van der Waals surface area contributed by atoms with E-state index in [1.165, 1.54) is 0 Å². The van der Waals surface area contributed by atoms with Gasteiger partial charge in [0, 0.05) is 18.7 Å². The number of aliphatic carboxylic acids is 1. The number of phenols is 1. The monoisotopic (exact) mass is 277 g/mol. The van der Waals surface area contributed by atoms with Crippen molar-refractivity contribution in [3.05, 3.63) is 29.8 Å². The number of nitrogens with zero attached hydrogens (tertiary/aromatic N) is 1. The van der Waals surface area contributed by atoms with Crippen LogP contribution in [0.5, 0.6) is 5.75 Å². The van der Waals surface area contributed by atoms with E-state index >= 15 is 0 Å². The number of amides is 1. The summed E-state index contributed by atoms with van der Waals surface area (Å²) in [4.78, 5) is 25.2. The number of hydrogen-bond donors (Lipinski definition) is 2. The van der Waals surface area contributed by atoms with E-state index in [4.69, 9.17) is 0 Å². The summed E-state index contributed by atoms with van der Waals surface area (Å²) in [5.74, 6) is -0.874. The van der Waals surface area contributed by atoms with Crippen LogP contribution in [0, 0.1) is 5.41 Å².